The molecule has 0 fully saturated rings. The molecule has 0 unspecified atom stereocenters. The van der Waals surface area contributed by atoms with Gasteiger partial charge in [0.05, 0.1) is 12.0 Å². The Morgan fingerprint density at radius 3 is 2.50 bits per heavy atom. The number of sulfone groups is 1. The number of rotatable bonds is 7. The van der Waals surface area contributed by atoms with E-state index in [0.29, 0.717) is 16.9 Å². The SMILES string of the molecule is COc1ccc(C(=O)NC[C@@H](c2cccnc2)S(=O)(=O)c2ccc(F)c(C)c2)cc1. The molecule has 3 aromatic rings. The number of aryl methyl sites for hydroxylation is 1. The first-order valence-electron chi connectivity index (χ1n) is 9.15. The summed E-state index contributed by atoms with van der Waals surface area (Å²) in [6, 6.07) is 13.4. The molecule has 0 saturated carbocycles. The largest absolute Gasteiger partial charge is 0.497 e. The van der Waals surface area contributed by atoms with Crippen molar-refractivity contribution in [2.45, 2.75) is 17.1 Å². The zero-order chi connectivity index (χ0) is 21.7. The third-order valence-electron chi connectivity index (χ3n) is 4.69. The molecule has 6 nitrogen and oxygen atoms in total. The molecule has 1 heterocycles. The number of hydrogen-bond acceptors (Lipinski definition) is 5. The van der Waals surface area contributed by atoms with Gasteiger partial charge in [-0.25, -0.2) is 12.8 Å². The second kappa shape index (κ2) is 9.04. The number of nitrogens with zero attached hydrogens (tertiary/aromatic N) is 1. The Hall–Kier alpha value is -3.26. The monoisotopic (exact) mass is 428 g/mol. The molecule has 8 heteroatoms. The number of methoxy groups -OCH3 is 1. The summed E-state index contributed by atoms with van der Waals surface area (Å²) in [6.07, 6.45) is 2.98. The highest BCUT2D eigenvalue weighted by atomic mass is 32.2. The van der Waals surface area contributed by atoms with Crippen molar-refractivity contribution in [3.8, 4) is 5.75 Å². The highest BCUT2D eigenvalue weighted by molar-refractivity contribution is 7.91. The van der Waals surface area contributed by atoms with E-state index in [1.54, 1.807) is 36.4 Å². The summed E-state index contributed by atoms with van der Waals surface area (Å²) < 4.78 is 45.3. The molecule has 1 atom stereocenters. The van der Waals surface area contributed by atoms with Crippen LogP contribution in [0.3, 0.4) is 0 Å². The lowest BCUT2D eigenvalue weighted by atomic mass is 10.2. The van der Waals surface area contributed by atoms with Crippen LogP contribution < -0.4 is 10.1 Å². The van der Waals surface area contributed by atoms with Gasteiger partial charge in [0, 0.05) is 24.5 Å². The van der Waals surface area contributed by atoms with Crippen molar-refractivity contribution in [2.75, 3.05) is 13.7 Å². The average molecular weight is 428 g/mol. The molecular weight excluding hydrogens is 407 g/mol. The summed E-state index contributed by atoms with van der Waals surface area (Å²) in [5.74, 6) is -0.300. The summed E-state index contributed by atoms with van der Waals surface area (Å²) in [5.41, 5.74) is 1.02. The molecule has 0 saturated heterocycles. The Labute approximate surface area is 174 Å². The first-order valence-corrected chi connectivity index (χ1v) is 10.7. The normalized spacial score (nSPS) is 12.2. The molecule has 0 aliphatic rings. The van der Waals surface area contributed by atoms with E-state index in [-0.39, 0.29) is 17.0 Å². The van der Waals surface area contributed by atoms with Crippen LogP contribution in [0.4, 0.5) is 4.39 Å². The molecule has 0 spiro atoms. The molecule has 30 heavy (non-hydrogen) atoms. The highest BCUT2D eigenvalue weighted by Gasteiger charge is 2.30. The van der Waals surface area contributed by atoms with Gasteiger partial charge in [-0.15, -0.1) is 0 Å². The molecule has 1 amide bonds. The predicted octanol–water partition coefficient (Wildman–Crippen LogP) is 3.48. The van der Waals surface area contributed by atoms with Crippen molar-refractivity contribution in [3.05, 3.63) is 89.5 Å². The summed E-state index contributed by atoms with van der Waals surface area (Å²) >= 11 is 0. The Balaban J connectivity index is 1.89. The Morgan fingerprint density at radius 1 is 1.17 bits per heavy atom. The van der Waals surface area contributed by atoms with E-state index in [9.17, 15) is 17.6 Å². The fourth-order valence-electron chi connectivity index (χ4n) is 2.96. The van der Waals surface area contributed by atoms with Gasteiger partial charge in [-0.05, 0) is 66.6 Å². The highest BCUT2D eigenvalue weighted by Crippen LogP contribution is 2.29. The zero-order valence-corrected chi connectivity index (χ0v) is 17.3. The van der Waals surface area contributed by atoms with E-state index in [4.69, 9.17) is 4.74 Å². The number of carbonyl (C=O) groups is 1. The molecule has 0 radical (unpaired) electrons. The summed E-state index contributed by atoms with van der Waals surface area (Å²) in [5, 5.41) is 1.59. The van der Waals surface area contributed by atoms with Gasteiger partial charge in [0.15, 0.2) is 9.84 Å². The number of amides is 1. The van der Waals surface area contributed by atoms with E-state index in [1.165, 1.54) is 38.6 Å². The zero-order valence-electron chi connectivity index (χ0n) is 16.5. The first-order chi connectivity index (χ1) is 14.3. The minimum absolute atomic E-state index is 0.0195. The summed E-state index contributed by atoms with van der Waals surface area (Å²) in [6.45, 7) is 1.33. The number of hydrogen-bond donors (Lipinski definition) is 1. The Kier molecular flexibility index (Phi) is 6.47. The molecule has 3 rings (SSSR count). The molecular formula is C22H21FN2O4S. The maximum atomic E-state index is 13.6. The van der Waals surface area contributed by atoms with E-state index in [2.05, 4.69) is 10.3 Å². The van der Waals surface area contributed by atoms with Gasteiger partial charge in [0.25, 0.3) is 5.91 Å². The third-order valence-corrected chi connectivity index (χ3v) is 6.79. The number of benzene rings is 2. The number of ether oxygens (including phenoxy) is 1. The fourth-order valence-corrected chi connectivity index (χ4v) is 4.69. The Morgan fingerprint density at radius 2 is 1.90 bits per heavy atom. The van der Waals surface area contributed by atoms with Crippen molar-refractivity contribution in [1.29, 1.82) is 0 Å². The van der Waals surface area contributed by atoms with Crippen LogP contribution in [-0.2, 0) is 9.84 Å². The lowest BCUT2D eigenvalue weighted by molar-refractivity contribution is 0.0953. The van der Waals surface area contributed by atoms with Crippen molar-refractivity contribution < 1.29 is 22.3 Å². The van der Waals surface area contributed by atoms with E-state index in [1.807, 2.05) is 0 Å². The number of pyridine rings is 1. The maximum absolute atomic E-state index is 13.6. The molecule has 0 aliphatic carbocycles. The molecule has 1 aromatic heterocycles. The minimum atomic E-state index is -3.92. The first kappa shape index (κ1) is 21.4. The van der Waals surface area contributed by atoms with Crippen LogP contribution in [0.25, 0.3) is 0 Å². The average Bonchev–Trinajstić information content (AvgIpc) is 2.76. The van der Waals surface area contributed by atoms with Gasteiger partial charge in [-0.1, -0.05) is 6.07 Å². The second-order valence-corrected chi connectivity index (χ2v) is 8.80. The topological polar surface area (TPSA) is 85.4 Å². The van der Waals surface area contributed by atoms with Gasteiger partial charge >= 0.3 is 0 Å². The quantitative estimate of drug-likeness (QED) is 0.583. The van der Waals surface area contributed by atoms with Crippen LogP contribution in [0.15, 0.2) is 71.9 Å². The van der Waals surface area contributed by atoms with Crippen LogP contribution in [0, 0.1) is 12.7 Å². The van der Waals surface area contributed by atoms with Crippen molar-refractivity contribution >= 4 is 15.7 Å². The molecule has 0 bridgehead atoms. The van der Waals surface area contributed by atoms with Gasteiger partial charge in [-0.2, -0.15) is 0 Å². The predicted molar refractivity (Wildman–Crippen MR) is 111 cm³/mol. The van der Waals surface area contributed by atoms with Gasteiger partial charge in [-0.3, -0.25) is 9.78 Å². The lowest BCUT2D eigenvalue weighted by Gasteiger charge is -2.19. The van der Waals surface area contributed by atoms with Crippen molar-refractivity contribution in [1.82, 2.24) is 10.3 Å². The van der Waals surface area contributed by atoms with Crippen LogP contribution in [0.2, 0.25) is 0 Å². The molecule has 1 N–H and O–H groups in total. The second-order valence-electron chi connectivity index (χ2n) is 6.67. The van der Waals surface area contributed by atoms with Crippen LogP contribution in [0.5, 0.6) is 5.75 Å². The van der Waals surface area contributed by atoms with E-state index in [0.717, 1.165) is 6.07 Å². The number of halogens is 1. The third kappa shape index (κ3) is 4.65. The van der Waals surface area contributed by atoms with Crippen molar-refractivity contribution in [2.24, 2.45) is 0 Å². The number of aromatic nitrogens is 1. The smallest absolute Gasteiger partial charge is 0.251 e. The minimum Gasteiger partial charge on any atom is -0.497 e. The van der Waals surface area contributed by atoms with Gasteiger partial charge < -0.3 is 10.1 Å². The molecule has 0 aliphatic heterocycles. The maximum Gasteiger partial charge on any atom is 0.251 e. The van der Waals surface area contributed by atoms with Crippen LogP contribution in [0.1, 0.15) is 26.7 Å². The van der Waals surface area contributed by atoms with E-state index < -0.39 is 26.8 Å². The number of carbonyl (C=O) groups excluding carboxylic acids is 1. The number of nitrogens with one attached hydrogen (secondary N) is 1. The molecule has 2 aromatic carbocycles. The fraction of sp³-hybridized carbons (Fsp3) is 0.182. The summed E-state index contributed by atoms with van der Waals surface area (Å²) in [7, 11) is -2.40. The molecule has 156 valence electrons. The van der Waals surface area contributed by atoms with E-state index >= 15 is 0 Å². The lowest BCUT2D eigenvalue weighted by Crippen LogP contribution is -2.32. The Bertz CT molecular complexity index is 1130. The van der Waals surface area contributed by atoms with Crippen LogP contribution in [-0.4, -0.2) is 33.0 Å². The van der Waals surface area contributed by atoms with Crippen molar-refractivity contribution in [3.63, 3.8) is 0 Å². The van der Waals surface area contributed by atoms with Crippen LogP contribution >= 0.6 is 0 Å². The summed E-state index contributed by atoms with van der Waals surface area (Å²) in [4.78, 5) is 16.5. The van der Waals surface area contributed by atoms with Gasteiger partial charge in [0.2, 0.25) is 0 Å². The standard InChI is InChI=1S/C22H21FN2O4S/c1-15-12-19(9-10-20(15)23)30(27,28)21(17-4-3-11-24-13-17)14-25-22(26)16-5-7-18(29-2)8-6-16/h3-13,21H,14H2,1-2H3,(H,25,26)/t21-/m0/s1. The van der Waals surface area contributed by atoms with Gasteiger partial charge in [0.1, 0.15) is 16.8 Å².